The van der Waals surface area contributed by atoms with Crippen molar-refractivity contribution in [2.45, 2.75) is 38.2 Å². The zero-order valence-electron chi connectivity index (χ0n) is 12.0. The van der Waals surface area contributed by atoms with Crippen LogP contribution in [-0.2, 0) is 5.60 Å². The van der Waals surface area contributed by atoms with Gasteiger partial charge in [-0.2, -0.15) is 0 Å². The number of nitrogens with zero attached hydrogens (tertiary/aromatic N) is 1. The average molecular weight is 247 g/mol. The van der Waals surface area contributed by atoms with E-state index in [9.17, 15) is 5.11 Å². The topological polar surface area (TPSA) is 23.5 Å². The van der Waals surface area contributed by atoms with Gasteiger partial charge in [0.25, 0.3) is 0 Å². The fourth-order valence-corrected chi connectivity index (χ4v) is 2.66. The van der Waals surface area contributed by atoms with E-state index >= 15 is 0 Å². The first kappa shape index (κ1) is 13.6. The van der Waals surface area contributed by atoms with Crippen LogP contribution in [0.2, 0.25) is 0 Å². The van der Waals surface area contributed by atoms with Gasteiger partial charge in [-0.15, -0.1) is 0 Å². The number of hydrogen-bond acceptors (Lipinski definition) is 2. The second-order valence-electron chi connectivity index (χ2n) is 6.21. The van der Waals surface area contributed by atoms with E-state index in [1.165, 1.54) is 5.56 Å². The van der Waals surface area contributed by atoms with Crippen LogP contribution in [0.1, 0.15) is 43.7 Å². The molecule has 1 aliphatic carbocycles. The highest BCUT2D eigenvalue weighted by atomic mass is 16.3. The summed E-state index contributed by atoms with van der Waals surface area (Å²) in [5, 5.41) is 11.0. The molecular weight excluding hydrogens is 222 g/mol. The minimum absolute atomic E-state index is 0.435. The molecule has 0 spiro atoms. The minimum Gasteiger partial charge on any atom is -0.384 e. The Morgan fingerprint density at radius 2 is 1.78 bits per heavy atom. The molecule has 1 aromatic rings. The molecule has 0 bridgehead atoms. The highest BCUT2D eigenvalue weighted by Crippen LogP contribution is 2.46. The highest BCUT2D eigenvalue weighted by Gasteiger charge is 2.45. The maximum absolute atomic E-state index is 11.0. The van der Waals surface area contributed by atoms with Crippen molar-refractivity contribution in [3.8, 4) is 0 Å². The lowest BCUT2D eigenvalue weighted by Gasteiger charge is -2.32. The minimum atomic E-state index is -0.668. The maximum Gasteiger partial charge on any atom is 0.105 e. The average Bonchev–Trinajstić information content (AvgIpc) is 3.12. The van der Waals surface area contributed by atoms with Crippen LogP contribution in [0.25, 0.3) is 0 Å². The fraction of sp³-hybridized carbons (Fsp3) is 0.625. The first-order valence-corrected chi connectivity index (χ1v) is 6.91. The summed E-state index contributed by atoms with van der Waals surface area (Å²) < 4.78 is 0. The first-order valence-electron chi connectivity index (χ1n) is 6.91. The van der Waals surface area contributed by atoms with Crippen LogP contribution in [0.5, 0.6) is 0 Å². The van der Waals surface area contributed by atoms with Crippen LogP contribution in [-0.4, -0.2) is 30.6 Å². The van der Waals surface area contributed by atoms with Gasteiger partial charge in [0.2, 0.25) is 0 Å². The summed E-state index contributed by atoms with van der Waals surface area (Å²) in [6.45, 7) is 5.10. The third-order valence-corrected chi connectivity index (χ3v) is 3.89. The van der Waals surface area contributed by atoms with Gasteiger partial charge in [-0.25, -0.2) is 0 Å². The zero-order chi connectivity index (χ0) is 13.3. The van der Waals surface area contributed by atoms with E-state index in [0.717, 1.165) is 18.4 Å². The summed E-state index contributed by atoms with van der Waals surface area (Å²) in [4.78, 5) is 2.08. The molecule has 0 aliphatic heterocycles. The van der Waals surface area contributed by atoms with Crippen molar-refractivity contribution < 1.29 is 5.11 Å². The molecular formula is C16H25NO. The Morgan fingerprint density at radius 3 is 2.17 bits per heavy atom. The fourth-order valence-electron chi connectivity index (χ4n) is 2.66. The molecule has 100 valence electrons. The Hall–Kier alpha value is -0.860. The third kappa shape index (κ3) is 2.76. The van der Waals surface area contributed by atoms with Gasteiger partial charge in [0, 0.05) is 6.54 Å². The van der Waals surface area contributed by atoms with E-state index < -0.39 is 5.60 Å². The summed E-state index contributed by atoms with van der Waals surface area (Å²) in [6.07, 6.45) is 2.30. The summed E-state index contributed by atoms with van der Waals surface area (Å²) in [5.74, 6) is 0.978. The van der Waals surface area contributed by atoms with E-state index in [2.05, 4.69) is 43.0 Å². The summed E-state index contributed by atoms with van der Waals surface area (Å²) >= 11 is 0. The van der Waals surface area contributed by atoms with Crippen molar-refractivity contribution in [3.05, 3.63) is 35.4 Å². The molecule has 1 aromatic carbocycles. The molecule has 1 aliphatic rings. The normalized spacial score (nSPS) is 19.3. The second kappa shape index (κ2) is 5.02. The van der Waals surface area contributed by atoms with Crippen molar-refractivity contribution in [1.29, 1.82) is 0 Å². The summed E-state index contributed by atoms with van der Waals surface area (Å²) in [5.41, 5.74) is 1.74. The Morgan fingerprint density at radius 1 is 1.22 bits per heavy atom. The number of hydrogen-bond donors (Lipinski definition) is 1. The molecule has 1 N–H and O–H groups in total. The van der Waals surface area contributed by atoms with Gasteiger partial charge < -0.3 is 10.0 Å². The van der Waals surface area contributed by atoms with E-state index in [1.54, 1.807) is 0 Å². The van der Waals surface area contributed by atoms with Gasteiger partial charge in [0.15, 0.2) is 0 Å². The zero-order valence-corrected chi connectivity index (χ0v) is 12.0. The van der Waals surface area contributed by atoms with E-state index in [4.69, 9.17) is 0 Å². The maximum atomic E-state index is 11.0. The SMILES string of the molecule is CC(C)c1ccc(C(O)(CN(C)C)C2CC2)cc1. The number of aliphatic hydroxyl groups is 1. The van der Waals surface area contributed by atoms with Gasteiger partial charge in [0.05, 0.1) is 0 Å². The molecule has 1 unspecified atom stereocenters. The summed E-state index contributed by atoms with van der Waals surface area (Å²) in [7, 11) is 4.05. The quantitative estimate of drug-likeness (QED) is 0.864. The standard InChI is InChI=1S/C16H25NO/c1-12(2)13-5-7-14(8-6-13)16(18,11-17(3)4)15-9-10-15/h5-8,12,15,18H,9-11H2,1-4H3. The lowest BCUT2D eigenvalue weighted by Crippen LogP contribution is -2.39. The van der Waals surface area contributed by atoms with Crippen LogP contribution >= 0.6 is 0 Å². The van der Waals surface area contributed by atoms with Crippen LogP contribution in [0.3, 0.4) is 0 Å². The van der Waals surface area contributed by atoms with Crippen molar-refractivity contribution in [1.82, 2.24) is 4.90 Å². The largest absolute Gasteiger partial charge is 0.384 e. The summed E-state index contributed by atoms with van der Waals surface area (Å²) in [6, 6.07) is 8.53. The third-order valence-electron chi connectivity index (χ3n) is 3.89. The monoisotopic (exact) mass is 247 g/mol. The lowest BCUT2D eigenvalue weighted by molar-refractivity contribution is -0.00997. The van der Waals surface area contributed by atoms with Crippen molar-refractivity contribution >= 4 is 0 Å². The highest BCUT2D eigenvalue weighted by molar-refractivity contribution is 5.30. The molecule has 0 radical (unpaired) electrons. The van der Waals surface area contributed by atoms with Gasteiger partial charge in [-0.1, -0.05) is 38.1 Å². The molecule has 0 amide bonds. The van der Waals surface area contributed by atoms with Crippen LogP contribution in [0.15, 0.2) is 24.3 Å². The molecule has 0 heterocycles. The van der Waals surface area contributed by atoms with Gasteiger partial charge in [0.1, 0.15) is 5.60 Å². The van der Waals surface area contributed by atoms with E-state index in [1.807, 2.05) is 14.1 Å². The lowest BCUT2D eigenvalue weighted by atomic mass is 9.87. The van der Waals surface area contributed by atoms with Crippen LogP contribution < -0.4 is 0 Å². The molecule has 2 nitrogen and oxygen atoms in total. The van der Waals surface area contributed by atoms with Crippen LogP contribution in [0, 0.1) is 5.92 Å². The van der Waals surface area contributed by atoms with Crippen LogP contribution in [0.4, 0.5) is 0 Å². The molecule has 2 heteroatoms. The smallest absolute Gasteiger partial charge is 0.105 e. The Bertz CT molecular complexity index is 392. The predicted molar refractivity (Wildman–Crippen MR) is 75.7 cm³/mol. The molecule has 1 atom stereocenters. The number of benzene rings is 1. The Labute approximate surface area is 111 Å². The number of rotatable bonds is 5. The molecule has 1 fully saturated rings. The van der Waals surface area contributed by atoms with Gasteiger partial charge >= 0.3 is 0 Å². The second-order valence-corrected chi connectivity index (χ2v) is 6.21. The Kier molecular flexibility index (Phi) is 3.79. The van der Waals surface area contributed by atoms with Gasteiger partial charge in [-0.3, -0.25) is 0 Å². The molecule has 0 aromatic heterocycles. The molecule has 2 rings (SSSR count). The van der Waals surface area contributed by atoms with Gasteiger partial charge in [-0.05, 0) is 49.9 Å². The number of likely N-dealkylation sites (N-methyl/N-ethyl adjacent to an activating group) is 1. The van der Waals surface area contributed by atoms with E-state index in [-0.39, 0.29) is 0 Å². The molecule has 18 heavy (non-hydrogen) atoms. The first-order chi connectivity index (χ1) is 8.43. The van der Waals surface area contributed by atoms with Crippen molar-refractivity contribution in [3.63, 3.8) is 0 Å². The predicted octanol–water partition coefficient (Wildman–Crippen LogP) is 2.97. The molecule has 0 saturated heterocycles. The Balaban J connectivity index is 2.25. The van der Waals surface area contributed by atoms with E-state index in [0.29, 0.717) is 18.4 Å². The van der Waals surface area contributed by atoms with Crippen molar-refractivity contribution in [2.24, 2.45) is 5.92 Å². The molecule has 1 saturated carbocycles. The van der Waals surface area contributed by atoms with Crippen molar-refractivity contribution in [2.75, 3.05) is 20.6 Å².